The molecular formula is C10H15F2N3O3S. The first kappa shape index (κ1) is 14.2. The van der Waals surface area contributed by atoms with E-state index in [0.29, 0.717) is 0 Å². The number of nitrogen functional groups attached to an aromatic ring is 1. The molecule has 9 heteroatoms. The van der Waals surface area contributed by atoms with Crippen molar-refractivity contribution in [2.45, 2.75) is 49.5 Å². The molecule has 1 aromatic rings. The third-order valence-electron chi connectivity index (χ3n) is 3.14. The average Bonchev–Trinajstić information content (AvgIpc) is 2.62. The van der Waals surface area contributed by atoms with Crippen LogP contribution in [0.25, 0.3) is 0 Å². The van der Waals surface area contributed by atoms with Gasteiger partial charge in [0.2, 0.25) is 15.9 Å². The van der Waals surface area contributed by atoms with Gasteiger partial charge in [-0.1, -0.05) is 5.16 Å². The molecule has 0 aromatic carbocycles. The van der Waals surface area contributed by atoms with Crippen LogP contribution in [-0.4, -0.2) is 25.5 Å². The highest BCUT2D eigenvalue weighted by Gasteiger charge is 2.37. The Morgan fingerprint density at radius 2 is 2.00 bits per heavy atom. The van der Waals surface area contributed by atoms with E-state index in [9.17, 15) is 17.2 Å². The molecule has 1 aromatic heterocycles. The summed E-state index contributed by atoms with van der Waals surface area (Å²) in [6.07, 6.45) is -0.455. The molecule has 1 aliphatic rings. The molecule has 0 saturated heterocycles. The normalized spacial score (nSPS) is 20.6. The lowest BCUT2D eigenvalue weighted by molar-refractivity contribution is -0.0387. The summed E-state index contributed by atoms with van der Waals surface area (Å²) in [7, 11) is -3.89. The van der Waals surface area contributed by atoms with Gasteiger partial charge < -0.3 is 10.3 Å². The summed E-state index contributed by atoms with van der Waals surface area (Å²) in [4.78, 5) is -0.218. The Labute approximate surface area is 109 Å². The van der Waals surface area contributed by atoms with E-state index >= 15 is 0 Å². The summed E-state index contributed by atoms with van der Waals surface area (Å²) in [6, 6.07) is -0.515. The van der Waals surface area contributed by atoms with E-state index < -0.39 is 22.0 Å². The number of nitrogens with one attached hydrogen (secondary N) is 1. The number of hydrogen-bond acceptors (Lipinski definition) is 5. The second-order valence-electron chi connectivity index (χ2n) is 4.70. The minimum absolute atomic E-state index is 0.0751. The quantitative estimate of drug-likeness (QED) is 0.878. The van der Waals surface area contributed by atoms with Crippen molar-refractivity contribution in [1.29, 1.82) is 0 Å². The van der Waals surface area contributed by atoms with Gasteiger partial charge in [0, 0.05) is 18.9 Å². The molecule has 1 heterocycles. The van der Waals surface area contributed by atoms with Crippen LogP contribution in [0, 0.1) is 6.92 Å². The zero-order valence-electron chi connectivity index (χ0n) is 10.3. The molecule has 1 saturated carbocycles. The van der Waals surface area contributed by atoms with Crippen molar-refractivity contribution in [3.05, 3.63) is 5.76 Å². The lowest BCUT2D eigenvalue weighted by atomic mass is 9.93. The smallest absolute Gasteiger partial charge is 0.248 e. The summed E-state index contributed by atoms with van der Waals surface area (Å²) in [5.41, 5.74) is 5.43. The van der Waals surface area contributed by atoms with Crippen LogP contribution < -0.4 is 10.5 Å². The van der Waals surface area contributed by atoms with Gasteiger partial charge in [0.05, 0.1) is 0 Å². The number of nitrogens with zero attached hydrogens (tertiary/aromatic N) is 1. The van der Waals surface area contributed by atoms with Crippen molar-refractivity contribution in [2.75, 3.05) is 5.73 Å². The number of aryl methyl sites for hydroxylation is 1. The third-order valence-corrected chi connectivity index (χ3v) is 4.82. The molecule has 0 bridgehead atoms. The number of rotatable bonds is 3. The van der Waals surface area contributed by atoms with E-state index in [1.165, 1.54) is 6.92 Å². The molecule has 108 valence electrons. The van der Waals surface area contributed by atoms with Gasteiger partial charge in [0.15, 0.2) is 16.5 Å². The summed E-state index contributed by atoms with van der Waals surface area (Å²) >= 11 is 0. The first-order valence-electron chi connectivity index (χ1n) is 5.83. The van der Waals surface area contributed by atoms with E-state index in [-0.39, 0.29) is 42.2 Å². The maximum absolute atomic E-state index is 13.0. The Balaban J connectivity index is 2.11. The monoisotopic (exact) mass is 295 g/mol. The van der Waals surface area contributed by atoms with Gasteiger partial charge in [-0.25, -0.2) is 21.9 Å². The van der Waals surface area contributed by atoms with Gasteiger partial charge in [-0.3, -0.25) is 0 Å². The maximum Gasteiger partial charge on any atom is 0.248 e. The van der Waals surface area contributed by atoms with Crippen molar-refractivity contribution < 1.29 is 21.7 Å². The lowest BCUT2D eigenvalue weighted by Crippen LogP contribution is -2.40. The first-order chi connectivity index (χ1) is 8.71. The molecule has 0 unspecified atom stereocenters. The van der Waals surface area contributed by atoms with Gasteiger partial charge in [0.1, 0.15) is 0 Å². The van der Waals surface area contributed by atoms with Crippen LogP contribution in [0.15, 0.2) is 9.42 Å². The Morgan fingerprint density at radius 3 is 2.47 bits per heavy atom. The average molecular weight is 295 g/mol. The minimum Gasteiger partial charge on any atom is -0.380 e. The summed E-state index contributed by atoms with van der Waals surface area (Å²) < 4.78 is 57.2. The zero-order valence-corrected chi connectivity index (χ0v) is 11.1. The van der Waals surface area contributed by atoms with E-state index in [4.69, 9.17) is 5.73 Å². The van der Waals surface area contributed by atoms with Crippen molar-refractivity contribution in [3.63, 3.8) is 0 Å². The molecule has 1 aliphatic carbocycles. The SMILES string of the molecule is Cc1onc(N)c1S(=O)(=O)NC1CCC(F)(F)CC1. The molecule has 3 N–H and O–H groups in total. The van der Waals surface area contributed by atoms with Crippen molar-refractivity contribution in [3.8, 4) is 0 Å². The van der Waals surface area contributed by atoms with Crippen LogP contribution in [0.2, 0.25) is 0 Å². The predicted molar refractivity (Wildman–Crippen MR) is 63.2 cm³/mol. The highest BCUT2D eigenvalue weighted by atomic mass is 32.2. The van der Waals surface area contributed by atoms with Crippen LogP contribution >= 0.6 is 0 Å². The van der Waals surface area contributed by atoms with Gasteiger partial charge in [-0.05, 0) is 19.8 Å². The van der Waals surface area contributed by atoms with Gasteiger partial charge >= 0.3 is 0 Å². The fourth-order valence-electron chi connectivity index (χ4n) is 2.14. The Morgan fingerprint density at radius 1 is 1.42 bits per heavy atom. The Hall–Kier alpha value is -1.22. The standard InChI is InChI=1S/C10H15F2N3O3S/c1-6-8(9(13)14-18-6)19(16,17)15-7-2-4-10(11,12)5-3-7/h7,15H,2-5H2,1H3,(H2,13,14). The van der Waals surface area contributed by atoms with Crippen molar-refractivity contribution in [2.24, 2.45) is 0 Å². The number of halogens is 2. The van der Waals surface area contributed by atoms with Crippen molar-refractivity contribution in [1.82, 2.24) is 9.88 Å². The zero-order chi connectivity index (χ0) is 14.3. The molecule has 0 radical (unpaired) electrons. The van der Waals surface area contributed by atoms with E-state index in [1.807, 2.05) is 0 Å². The Bertz CT molecular complexity index is 541. The minimum atomic E-state index is -3.89. The number of alkyl halides is 2. The van der Waals surface area contributed by atoms with Crippen LogP contribution in [0.3, 0.4) is 0 Å². The number of sulfonamides is 1. The third kappa shape index (κ3) is 3.03. The second kappa shape index (κ2) is 4.71. The highest BCUT2D eigenvalue weighted by molar-refractivity contribution is 7.89. The molecule has 0 amide bonds. The van der Waals surface area contributed by atoms with Crippen LogP contribution in [0.1, 0.15) is 31.4 Å². The molecule has 6 nitrogen and oxygen atoms in total. The van der Waals surface area contributed by atoms with E-state index in [2.05, 4.69) is 14.4 Å². The predicted octanol–water partition coefficient (Wildman–Crippen LogP) is 1.42. The van der Waals surface area contributed by atoms with Crippen LogP contribution in [-0.2, 0) is 10.0 Å². The summed E-state index contributed by atoms with van der Waals surface area (Å²) in [5, 5.41) is 3.36. The van der Waals surface area contributed by atoms with E-state index in [0.717, 1.165) is 0 Å². The molecule has 0 spiro atoms. The molecule has 2 rings (SSSR count). The number of anilines is 1. The van der Waals surface area contributed by atoms with Gasteiger partial charge in [-0.15, -0.1) is 0 Å². The topological polar surface area (TPSA) is 98.2 Å². The first-order valence-corrected chi connectivity index (χ1v) is 7.31. The van der Waals surface area contributed by atoms with Gasteiger partial charge in [0.25, 0.3) is 0 Å². The summed E-state index contributed by atoms with van der Waals surface area (Å²) in [5.74, 6) is -2.86. The summed E-state index contributed by atoms with van der Waals surface area (Å²) in [6.45, 7) is 1.42. The van der Waals surface area contributed by atoms with E-state index in [1.54, 1.807) is 0 Å². The Kier molecular flexibility index (Phi) is 3.52. The maximum atomic E-state index is 13.0. The fraction of sp³-hybridized carbons (Fsp3) is 0.700. The lowest BCUT2D eigenvalue weighted by Gasteiger charge is -2.28. The fourth-order valence-corrected chi connectivity index (χ4v) is 3.66. The van der Waals surface area contributed by atoms with Crippen LogP contribution in [0.4, 0.5) is 14.6 Å². The molecule has 1 fully saturated rings. The molecule has 19 heavy (non-hydrogen) atoms. The van der Waals surface area contributed by atoms with Crippen LogP contribution in [0.5, 0.6) is 0 Å². The number of aromatic nitrogens is 1. The van der Waals surface area contributed by atoms with Crippen molar-refractivity contribution >= 4 is 15.8 Å². The highest BCUT2D eigenvalue weighted by Crippen LogP contribution is 2.34. The second-order valence-corrected chi connectivity index (χ2v) is 6.36. The molecular weight excluding hydrogens is 280 g/mol. The van der Waals surface area contributed by atoms with Gasteiger partial charge in [-0.2, -0.15) is 0 Å². The largest absolute Gasteiger partial charge is 0.380 e. The number of hydrogen-bond donors (Lipinski definition) is 2. The molecule has 0 atom stereocenters. The number of nitrogens with two attached hydrogens (primary N) is 1. The molecule has 0 aliphatic heterocycles.